The third-order valence-electron chi connectivity index (χ3n) is 8.85. The maximum atomic E-state index is 13.7. The van der Waals surface area contributed by atoms with E-state index in [0.29, 0.717) is 45.6 Å². The van der Waals surface area contributed by atoms with Crippen molar-refractivity contribution in [3.8, 4) is 0 Å². The van der Waals surface area contributed by atoms with Crippen molar-refractivity contribution in [2.45, 2.75) is 51.9 Å². The first-order chi connectivity index (χ1) is 22.3. The number of halogens is 2. The summed E-state index contributed by atoms with van der Waals surface area (Å²) in [6.45, 7) is 8.76. The molecule has 2 amide bonds. The molecular formula is C33H39Cl2N5O6S. The number of carboxylic acid groups (broad SMARTS) is 2. The van der Waals surface area contributed by atoms with Gasteiger partial charge in [-0.15, -0.1) is 11.3 Å². The summed E-state index contributed by atoms with van der Waals surface area (Å²) < 4.78 is 0. The molecule has 1 atom stereocenters. The highest BCUT2D eigenvalue weighted by Crippen LogP contribution is 2.45. The quantitative estimate of drug-likeness (QED) is 0.288. The minimum absolute atomic E-state index is 0.112. The number of carbonyl (C=O) groups is 4. The van der Waals surface area contributed by atoms with E-state index in [1.807, 2.05) is 10.3 Å². The van der Waals surface area contributed by atoms with Gasteiger partial charge < -0.3 is 25.3 Å². The van der Waals surface area contributed by atoms with Gasteiger partial charge in [0.25, 0.3) is 0 Å². The number of carboxylic acids is 2. The van der Waals surface area contributed by atoms with Gasteiger partial charge in [-0.1, -0.05) is 43.1 Å². The summed E-state index contributed by atoms with van der Waals surface area (Å²) in [5.41, 5.74) is -0.0165. The molecule has 0 radical (unpaired) electrons. The van der Waals surface area contributed by atoms with Crippen LogP contribution in [0.15, 0.2) is 52.3 Å². The van der Waals surface area contributed by atoms with Crippen LogP contribution in [-0.2, 0) is 25.6 Å². The Morgan fingerprint density at radius 3 is 2.21 bits per heavy atom. The van der Waals surface area contributed by atoms with Crippen LogP contribution in [0.4, 0.5) is 0 Å². The van der Waals surface area contributed by atoms with Crippen molar-refractivity contribution in [2.24, 2.45) is 5.41 Å². The Kier molecular flexibility index (Phi) is 11.0. The fraction of sp³-hybridized carbons (Fsp3) is 0.485. The van der Waals surface area contributed by atoms with Crippen molar-refractivity contribution in [3.63, 3.8) is 0 Å². The number of likely N-dealkylation sites (tertiary alicyclic amines) is 1. The van der Waals surface area contributed by atoms with Gasteiger partial charge in [0.05, 0.1) is 28.5 Å². The summed E-state index contributed by atoms with van der Waals surface area (Å²) in [6.07, 6.45) is 3.53. The van der Waals surface area contributed by atoms with E-state index in [2.05, 4.69) is 29.0 Å². The molecule has 0 bridgehead atoms. The number of allylic oxidation sites excluding steroid dienone is 1. The smallest absolute Gasteiger partial charge is 0.334 e. The molecule has 3 N–H and O–H groups in total. The molecule has 1 aromatic heterocycles. The van der Waals surface area contributed by atoms with Crippen LogP contribution in [0.3, 0.4) is 0 Å². The first kappa shape index (κ1) is 34.9. The highest BCUT2D eigenvalue weighted by molar-refractivity contribution is 7.09. The van der Waals surface area contributed by atoms with Crippen molar-refractivity contribution in [1.82, 2.24) is 25.0 Å². The predicted octanol–water partition coefficient (Wildman–Crippen LogP) is 4.63. The Balaban J connectivity index is 1.37. The molecule has 3 aliphatic rings. The number of hydrogen-bond acceptors (Lipinski definition) is 8. The lowest BCUT2D eigenvalue weighted by Crippen LogP contribution is -2.52. The van der Waals surface area contributed by atoms with Gasteiger partial charge >= 0.3 is 11.9 Å². The number of rotatable bonds is 12. The number of aryl methyl sites for hydroxylation is 1. The lowest BCUT2D eigenvalue weighted by atomic mass is 9.79. The largest absolute Gasteiger partial charge is 0.478 e. The van der Waals surface area contributed by atoms with E-state index >= 15 is 0 Å². The predicted molar refractivity (Wildman–Crippen MR) is 179 cm³/mol. The van der Waals surface area contributed by atoms with Crippen molar-refractivity contribution in [3.05, 3.63) is 72.9 Å². The highest BCUT2D eigenvalue weighted by Gasteiger charge is 2.41. The average Bonchev–Trinajstić information content (AvgIpc) is 3.67. The molecule has 14 heteroatoms. The standard InChI is InChI=1S/C33H39Cl2N5O6S/c1-33(2,19-40-11-4-7-25(40)41)18-38-12-14-39(15-13-38)26(42)17-23-29(32(45)46)30(27-20(34)5-3-6-21(27)35)28(31(43)44)22(37-23)8-9-24-36-10-16-47-24/h3,5-6,10,16,30,37H,4,7-9,11-15,17-19H2,1-2H3,(H,43,44)(H,45,46). The molecule has 1 unspecified atom stereocenters. The number of dihydropyridines is 1. The van der Waals surface area contributed by atoms with Gasteiger partial charge in [-0.25, -0.2) is 14.6 Å². The zero-order valence-corrected chi connectivity index (χ0v) is 28.8. The maximum Gasteiger partial charge on any atom is 0.334 e. The van der Waals surface area contributed by atoms with Crippen LogP contribution in [0, 0.1) is 5.41 Å². The number of amides is 2. The number of thiazole rings is 1. The van der Waals surface area contributed by atoms with Crippen molar-refractivity contribution in [2.75, 3.05) is 45.8 Å². The van der Waals surface area contributed by atoms with Gasteiger partial charge in [0, 0.05) is 97.2 Å². The van der Waals surface area contributed by atoms with Crippen LogP contribution in [0.2, 0.25) is 10.0 Å². The third kappa shape index (κ3) is 8.17. The Morgan fingerprint density at radius 2 is 1.64 bits per heavy atom. The second kappa shape index (κ2) is 14.8. The number of nitrogens with zero attached hydrogens (tertiary/aromatic N) is 4. The maximum absolute atomic E-state index is 13.7. The first-order valence-electron chi connectivity index (χ1n) is 15.6. The molecule has 4 heterocycles. The molecule has 2 saturated heterocycles. The van der Waals surface area contributed by atoms with Gasteiger partial charge in [-0.2, -0.15) is 0 Å². The molecule has 0 spiro atoms. The number of nitrogens with one attached hydrogen (secondary N) is 1. The number of hydrogen-bond donors (Lipinski definition) is 3. The second-order valence-electron chi connectivity index (χ2n) is 12.9. The van der Waals surface area contributed by atoms with Crippen LogP contribution >= 0.6 is 34.5 Å². The van der Waals surface area contributed by atoms with Crippen molar-refractivity contribution in [1.29, 1.82) is 0 Å². The van der Waals surface area contributed by atoms with Gasteiger partial charge in [0.15, 0.2) is 0 Å². The summed E-state index contributed by atoms with van der Waals surface area (Å²) in [5.74, 6) is -4.07. The molecule has 2 fully saturated rings. The summed E-state index contributed by atoms with van der Waals surface area (Å²) in [5, 5.41) is 26.9. The van der Waals surface area contributed by atoms with Gasteiger partial charge in [-0.05, 0) is 30.4 Å². The minimum atomic E-state index is -1.37. The van der Waals surface area contributed by atoms with Gasteiger partial charge in [-0.3, -0.25) is 14.5 Å². The molecule has 252 valence electrons. The van der Waals surface area contributed by atoms with Gasteiger partial charge in [0.1, 0.15) is 0 Å². The van der Waals surface area contributed by atoms with E-state index < -0.39 is 17.9 Å². The summed E-state index contributed by atoms with van der Waals surface area (Å²) >= 11 is 14.5. The molecule has 5 rings (SSSR count). The van der Waals surface area contributed by atoms with Crippen molar-refractivity contribution >= 4 is 58.3 Å². The molecular weight excluding hydrogens is 665 g/mol. The molecule has 47 heavy (non-hydrogen) atoms. The van der Waals surface area contributed by atoms with E-state index in [4.69, 9.17) is 23.2 Å². The van der Waals surface area contributed by atoms with E-state index in [1.54, 1.807) is 17.2 Å². The fourth-order valence-electron chi connectivity index (χ4n) is 6.80. The topological polar surface area (TPSA) is 143 Å². The number of benzene rings is 1. The third-order valence-corrected chi connectivity index (χ3v) is 10.3. The summed E-state index contributed by atoms with van der Waals surface area (Å²) in [4.78, 5) is 61.8. The Hall–Kier alpha value is -3.45. The van der Waals surface area contributed by atoms with E-state index in [1.165, 1.54) is 23.5 Å². The summed E-state index contributed by atoms with van der Waals surface area (Å²) in [6, 6.07) is 4.67. The number of carbonyl (C=O) groups excluding carboxylic acids is 2. The minimum Gasteiger partial charge on any atom is -0.478 e. The second-order valence-corrected chi connectivity index (χ2v) is 14.7. The number of aliphatic carboxylic acids is 2. The Labute approximate surface area is 287 Å². The van der Waals surface area contributed by atoms with E-state index in [0.717, 1.165) is 24.5 Å². The highest BCUT2D eigenvalue weighted by atomic mass is 35.5. The fourth-order valence-corrected chi connectivity index (χ4v) is 8.03. The molecule has 0 saturated carbocycles. The van der Waals surface area contributed by atoms with Gasteiger partial charge in [0.2, 0.25) is 11.8 Å². The monoisotopic (exact) mass is 703 g/mol. The number of aromatic nitrogens is 1. The lowest BCUT2D eigenvalue weighted by molar-refractivity contribution is -0.133. The van der Waals surface area contributed by atoms with Crippen LogP contribution in [0.1, 0.15) is 56.0 Å². The zero-order valence-electron chi connectivity index (χ0n) is 26.4. The molecule has 11 nitrogen and oxygen atoms in total. The zero-order chi connectivity index (χ0) is 33.9. The molecule has 0 aliphatic carbocycles. The Morgan fingerprint density at radius 1 is 0.979 bits per heavy atom. The van der Waals surface area contributed by atoms with Crippen LogP contribution in [-0.4, -0.2) is 99.5 Å². The van der Waals surface area contributed by atoms with E-state index in [-0.39, 0.29) is 68.2 Å². The van der Waals surface area contributed by atoms with E-state index in [9.17, 15) is 29.4 Å². The average molecular weight is 705 g/mol. The van der Waals surface area contributed by atoms with Crippen molar-refractivity contribution < 1.29 is 29.4 Å². The first-order valence-corrected chi connectivity index (χ1v) is 17.3. The van der Waals surface area contributed by atoms with Crippen LogP contribution in [0.25, 0.3) is 0 Å². The normalized spacial score (nSPS) is 19.4. The number of piperazine rings is 1. The Bertz CT molecular complexity index is 1580. The molecule has 1 aromatic carbocycles. The van der Waals surface area contributed by atoms with Crippen LogP contribution in [0.5, 0.6) is 0 Å². The lowest BCUT2D eigenvalue weighted by Gasteiger charge is -2.40. The molecule has 2 aromatic rings. The molecule has 3 aliphatic heterocycles. The van der Waals surface area contributed by atoms with Crippen LogP contribution < -0.4 is 5.32 Å². The SMILES string of the molecule is CC(C)(CN1CCN(C(=O)CC2=C(C(=O)O)C(c3c(Cl)cccc3Cl)C(C(=O)O)=C(CCc3nccs3)N2)CC1)CN1CCCC1=O. The summed E-state index contributed by atoms with van der Waals surface area (Å²) in [7, 11) is 0.